The first-order valence-electron chi connectivity index (χ1n) is 4.36. The zero-order valence-electron chi connectivity index (χ0n) is 8.24. The van der Waals surface area contributed by atoms with Gasteiger partial charge in [0.05, 0.1) is 18.5 Å². The smallest absolute Gasteiger partial charge is 0.205 e. The molecule has 0 saturated carbocycles. The quantitative estimate of drug-likeness (QED) is 0.626. The summed E-state index contributed by atoms with van der Waals surface area (Å²) < 4.78 is 17.7. The van der Waals surface area contributed by atoms with E-state index in [-0.39, 0.29) is 0 Å². The maximum Gasteiger partial charge on any atom is 0.205 e. The molecule has 0 aromatic carbocycles. The zero-order chi connectivity index (χ0) is 10.6. The average molecular weight is 278 g/mol. The Labute approximate surface area is 92.5 Å². The topological polar surface area (TPSA) is 39.2 Å². The summed E-state index contributed by atoms with van der Waals surface area (Å²) in [6.07, 6.45) is 0.389. The summed E-state index contributed by atoms with van der Waals surface area (Å²) in [6, 6.07) is 5.56. The van der Waals surface area contributed by atoms with E-state index in [1.165, 1.54) is 0 Å². The van der Waals surface area contributed by atoms with Crippen molar-refractivity contribution in [3.63, 3.8) is 0 Å². The summed E-state index contributed by atoms with van der Waals surface area (Å²) in [4.78, 5) is 4.21. The molecule has 3 nitrogen and oxygen atoms in total. The van der Waals surface area contributed by atoms with E-state index in [4.69, 9.17) is 4.52 Å². The number of rotatable bonds is 4. The molecule has 0 spiro atoms. The van der Waals surface area contributed by atoms with Crippen LogP contribution >= 0.6 is 23.3 Å². The third-order valence-electron chi connectivity index (χ3n) is 1.62. The van der Waals surface area contributed by atoms with Gasteiger partial charge in [0.25, 0.3) is 0 Å². The molecular weight excluding hydrogens is 265 g/mol. The number of nitrogens with zero attached hydrogens (tertiary/aromatic N) is 1. The fourth-order valence-corrected chi connectivity index (χ4v) is 2.93. The lowest BCUT2D eigenvalue weighted by Gasteiger charge is -2.11. The molecule has 1 atom stereocenters. The van der Waals surface area contributed by atoms with Gasteiger partial charge in [-0.15, -0.1) is 0 Å². The van der Waals surface area contributed by atoms with Gasteiger partial charge in [0, 0.05) is 6.66 Å². The van der Waals surface area contributed by atoms with Crippen LogP contribution in [0.1, 0.15) is 12.6 Å². The molecule has 0 saturated heterocycles. The molecule has 1 rings (SSSR count). The number of aromatic nitrogens is 1. The number of hydrogen-bond acceptors (Lipinski definition) is 3. The van der Waals surface area contributed by atoms with Crippen LogP contribution in [0.4, 0.5) is 0 Å². The minimum absolute atomic E-state index is 0.389. The van der Waals surface area contributed by atoms with E-state index in [2.05, 4.69) is 20.9 Å². The molecule has 1 unspecified atom stereocenters. The molecular formula is C9H13BrNO2P. The average Bonchev–Trinajstić information content (AvgIpc) is 2.02. The zero-order valence-corrected chi connectivity index (χ0v) is 10.7. The molecule has 0 aliphatic carbocycles. The molecule has 0 aliphatic heterocycles. The summed E-state index contributed by atoms with van der Waals surface area (Å²) >= 11 is 3.27. The lowest BCUT2D eigenvalue weighted by molar-refractivity contribution is 0.336. The molecule has 0 fully saturated rings. The van der Waals surface area contributed by atoms with Crippen LogP contribution in [-0.2, 0) is 15.3 Å². The van der Waals surface area contributed by atoms with Crippen LogP contribution < -0.4 is 0 Å². The van der Waals surface area contributed by atoms with Crippen molar-refractivity contribution in [3.05, 3.63) is 28.5 Å². The van der Waals surface area contributed by atoms with E-state index < -0.39 is 7.37 Å². The number of halogens is 1. The van der Waals surface area contributed by atoms with Gasteiger partial charge in [-0.2, -0.15) is 0 Å². The van der Waals surface area contributed by atoms with Crippen LogP contribution in [0, 0.1) is 0 Å². The Hall–Kier alpha value is -0.180. The summed E-state index contributed by atoms with van der Waals surface area (Å²) in [5.41, 5.74) is 0.790. The Bertz CT molecular complexity index is 356. The molecule has 0 radical (unpaired) electrons. The number of pyridine rings is 1. The van der Waals surface area contributed by atoms with Crippen molar-refractivity contribution < 1.29 is 9.09 Å². The van der Waals surface area contributed by atoms with Crippen molar-refractivity contribution in [3.8, 4) is 0 Å². The Balaban J connectivity index is 2.73. The van der Waals surface area contributed by atoms with E-state index in [0.29, 0.717) is 12.8 Å². The van der Waals surface area contributed by atoms with Gasteiger partial charge in [-0.05, 0) is 35.0 Å². The molecule has 5 heteroatoms. The van der Waals surface area contributed by atoms with Crippen molar-refractivity contribution in [2.24, 2.45) is 0 Å². The Kier molecular flexibility index (Phi) is 4.30. The van der Waals surface area contributed by atoms with Crippen LogP contribution in [-0.4, -0.2) is 18.3 Å². The highest BCUT2D eigenvalue weighted by Crippen LogP contribution is 2.45. The number of hydrogen-bond donors (Lipinski definition) is 0. The van der Waals surface area contributed by atoms with Gasteiger partial charge in [0.1, 0.15) is 4.60 Å². The standard InChI is InChI=1S/C9H13BrNO2P/c1-3-13-14(2,12)7-8-5-4-6-9(10)11-8/h4-6H,3,7H2,1-2H3. The Morgan fingerprint density at radius 1 is 1.57 bits per heavy atom. The highest BCUT2D eigenvalue weighted by atomic mass is 79.9. The predicted molar refractivity (Wildman–Crippen MR) is 60.8 cm³/mol. The molecule has 0 amide bonds. The van der Waals surface area contributed by atoms with Gasteiger partial charge in [-0.3, -0.25) is 4.57 Å². The van der Waals surface area contributed by atoms with E-state index in [1.54, 1.807) is 6.66 Å². The summed E-state index contributed by atoms with van der Waals surface area (Å²) in [7, 11) is -2.52. The molecule has 0 aliphatic rings. The van der Waals surface area contributed by atoms with E-state index >= 15 is 0 Å². The first kappa shape index (κ1) is 11.9. The van der Waals surface area contributed by atoms with Crippen LogP contribution in [0.3, 0.4) is 0 Å². The summed E-state index contributed by atoms with van der Waals surface area (Å²) in [6.45, 7) is 3.95. The molecule has 1 heterocycles. The van der Waals surface area contributed by atoms with E-state index in [0.717, 1.165) is 10.3 Å². The normalized spacial score (nSPS) is 15.1. The van der Waals surface area contributed by atoms with Gasteiger partial charge in [0.2, 0.25) is 7.37 Å². The minimum Gasteiger partial charge on any atom is -0.329 e. The maximum absolute atomic E-state index is 11.8. The molecule has 1 aromatic heterocycles. The van der Waals surface area contributed by atoms with Gasteiger partial charge in [-0.1, -0.05) is 6.07 Å². The second-order valence-electron chi connectivity index (χ2n) is 3.04. The SMILES string of the molecule is CCOP(C)(=O)Cc1cccc(Br)n1. The third kappa shape index (κ3) is 3.91. The lowest BCUT2D eigenvalue weighted by Crippen LogP contribution is -1.95. The van der Waals surface area contributed by atoms with Gasteiger partial charge >= 0.3 is 0 Å². The van der Waals surface area contributed by atoms with Crippen molar-refractivity contribution in [2.75, 3.05) is 13.3 Å². The Morgan fingerprint density at radius 3 is 2.86 bits per heavy atom. The van der Waals surface area contributed by atoms with Crippen molar-refractivity contribution in [2.45, 2.75) is 13.1 Å². The summed E-state index contributed by atoms with van der Waals surface area (Å²) in [5, 5.41) is 0. The van der Waals surface area contributed by atoms with Gasteiger partial charge in [0.15, 0.2) is 0 Å². The Morgan fingerprint density at radius 2 is 2.29 bits per heavy atom. The van der Waals surface area contributed by atoms with E-state index in [9.17, 15) is 4.57 Å². The van der Waals surface area contributed by atoms with Crippen LogP contribution in [0.25, 0.3) is 0 Å². The highest BCUT2D eigenvalue weighted by Gasteiger charge is 2.16. The second kappa shape index (κ2) is 5.06. The first-order valence-corrected chi connectivity index (χ1v) is 7.41. The van der Waals surface area contributed by atoms with E-state index in [1.807, 2.05) is 25.1 Å². The third-order valence-corrected chi connectivity index (χ3v) is 3.77. The molecule has 78 valence electrons. The highest BCUT2D eigenvalue weighted by molar-refractivity contribution is 9.10. The van der Waals surface area contributed by atoms with Crippen molar-refractivity contribution in [1.82, 2.24) is 4.98 Å². The van der Waals surface area contributed by atoms with Crippen LogP contribution in [0.2, 0.25) is 0 Å². The van der Waals surface area contributed by atoms with Crippen molar-refractivity contribution >= 4 is 23.3 Å². The fourth-order valence-electron chi connectivity index (χ4n) is 1.15. The molecule has 0 N–H and O–H groups in total. The lowest BCUT2D eigenvalue weighted by atomic mass is 10.4. The van der Waals surface area contributed by atoms with Crippen LogP contribution in [0.15, 0.2) is 22.8 Å². The predicted octanol–water partition coefficient (Wildman–Crippen LogP) is 3.29. The second-order valence-corrected chi connectivity index (χ2v) is 6.46. The van der Waals surface area contributed by atoms with Gasteiger partial charge < -0.3 is 4.52 Å². The maximum atomic E-state index is 11.8. The molecule has 0 bridgehead atoms. The largest absolute Gasteiger partial charge is 0.329 e. The monoisotopic (exact) mass is 277 g/mol. The minimum atomic E-state index is -2.52. The van der Waals surface area contributed by atoms with Gasteiger partial charge in [-0.25, -0.2) is 4.98 Å². The first-order chi connectivity index (χ1) is 6.53. The van der Waals surface area contributed by atoms with Crippen molar-refractivity contribution in [1.29, 1.82) is 0 Å². The molecule has 14 heavy (non-hydrogen) atoms. The summed E-state index contributed by atoms with van der Waals surface area (Å²) in [5.74, 6) is 0. The van der Waals surface area contributed by atoms with Crippen LogP contribution in [0.5, 0.6) is 0 Å². The fraction of sp³-hybridized carbons (Fsp3) is 0.444. The molecule has 1 aromatic rings.